The van der Waals surface area contributed by atoms with Crippen LogP contribution >= 0.6 is 0 Å². The van der Waals surface area contributed by atoms with E-state index in [0.29, 0.717) is 16.7 Å². The molecule has 0 spiro atoms. The Bertz CT molecular complexity index is 768. The smallest absolute Gasteiger partial charge is 0.132 e. The molecule has 0 unspecified atom stereocenters. The Morgan fingerprint density at radius 2 is 2.00 bits per heavy atom. The van der Waals surface area contributed by atoms with E-state index in [1.807, 2.05) is 13.0 Å². The van der Waals surface area contributed by atoms with Gasteiger partial charge in [0.25, 0.3) is 0 Å². The Morgan fingerprint density at radius 1 is 1.16 bits per heavy atom. The minimum absolute atomic E-state index is 0.271. The van der Waals surface area contributed by atoms with Gasteiger partial charge in [0, 0.05) is 28.9 Å². The van der Waals surface area contributed by atoms with Crippen LogP contribution in [0, 0.1) is 12.7 Å². The molecule has 0 aliphatic rings. The van der Waals surface area contributed by atoms with E-state index in [-0.39, 0.29) is 5.82 Å². The number of nitrogens with two attached hydrogens (primary N) is 1. The van der Waals surface area contributed by atoms with E-state index in [0.717, 1.165) is 16.7 Å². The van der Waals surface area contributed by atoms with Crippen molar-refractivity contribution < 1.29 is 4.39 Å². The van der Waals surface area contributed by atoms with Crippen LogP contribution in [0.1, 0.15) is 5.56 Å². The van der Waals surface area contributed by atoms with Gasteiger partial charge in [-0.15, -0.1) is 0 Å². The summed E-state index contributed by atoms with van der Waals surface area (Å²) in [7, 11) is 0. The first-order valence-electron chi connectivity index (χ1n) is 5.92. The highest BCUT2D eigenvalue weighted by Crippen LogP contribution is 2.29. The normalized spacial score (nSPS) is 10.8. The molecule has 4 heteroatoms. The van der Waals surface area contributed by atoms with Gasteiger partial charge in [-0.25, -0.2) is 9.37 Å². The van der Waals surface area contributed by atoms with E-state index in [1.54, 1.807) is 30.6 Å². The van der Waals surface area contributed by atoms with Crippen molar-refractivity contribution in [3.05, 3.63) is 54.1 Å². The lowest BCUT2D eigenvalue weighted by Crippen LogP contribution is -1.95. The molecule has 0 bridgehead atoms. The van der Waals surface area contributed by atoms with Crippen molar-refractivity contribution >= 4 is 16.7 Å². The molecule has 2 heterocycles. The summed E-state index contributed by atoms with van der Waals surface area (Å²) in [5.41, 5.74) is 8.98. The SMILES string of the molecule is Cc1cc(-c2ccc(F)c3cccnc23)cnc1N. The Hall–Kier alpha value is -2.49. The molecule has 0 amide bonds. The van der Waals surface area contributed by atoms with E-state index in [4.69, 9.17) is 5.73 Å². The first kappa shape index (κ1) is 11.6. The van der Waals surface area contributed by atoms with E-state index >= 15 is 0 Å². The molecule has 0 aliphatic carbocycles. The third-order valence-electron chi connectivity index (χ3n) is 3.15. The third-order valence-corrected chi connectivity index (χ3v) is 3.15. The van der Waals surface area contributed by atoms with Gasteiger partial charge in [0.2, 0.25) is 0 Å². The number of aromatic nitrogens is 2. The number of fused-ring (bicyclic) bond motifs is 1. The van der Waals surface area contributed by atoms with Crippen LogP contribution in [-0.2, 0) is 0 Å². The fourth-order valence-corrected chi connectivity index (χ4v) is 2.10. The number of pyridine rings is 2. The van der Waals surface area contributed by atoms with Crippen LogP contribution in [0.25, 0.3) is 22.0 Å². The largest absolute Gasteiger partial charge is 0.383 e. The molecule has 3 nitrogen and oxygen atoms in total. The highest BCUT2D eigenvalue weighted by Gasteiger charge is 2.09. The number of hydrogen-bond donors (Lipinski definition) is 1. The maximum Gasteiger partial charge on any atom is 0.132 e. The quantitative estimate of drug-likeness (QED) is 0.723. The van der Waals surface area contributed by atoms with Crippen LogP contribution in [0.2, 0.25) is 0 Å². The highest BCUT2D eigenvalue weighted by molar-refractivity contribution is 5.93. The Kier molecular flexibility index (Phi) is 2.63. The number of nitrogen functional groups attached to an aromatic ring is 1. The average molecular weight is 253 g/mol. The molecule has 19 heavy (non-hydrogen) atoms. The van der Waals surface area contributed by atoms with Gasteiger partial charge in [-0.3, -0.25) is 4.98 Å². The van der Waals surface area contributed by atoms with Gasteiger partial charge in [0.1, 0.15) is 11.6 Å². The molecule has 3 aromatic rings. The summed E-state index contributed by atoms with van der Waals surface area (Å²) >= 11 is 0. The summed E-state index contributed by atoms with van der Waals surface area (Å²) in [6, 6.07) is 8.55. The molecule has 0 saturated heterocycles. The number of anilines is 1. The number of benzene rings is 1. The lowest BCUT2D eigenvalue weighted by molar-refractivity contribution is 0.639. The predicted molar refractivity (Wildman–Crippen MR) is 74.1 cm³/mol. The molecule has 2 N–H and O–H groups in total. The second-order valence-electron chi connectivity index (χ2n) is 4.42. The van der Waals surface area contributed by atoms with Gasteiger partial charge in [-0.2, -0.15) is 0 Å². The van der Waals surface area contributed by atoms with Crippen LogP contribution in [0.4, 0.5) is 10.2 Å². The minimum Gasteiger partial charge on any atom is -0.383 e. The van der Waals surface area contributed by atoms with Crippen LogP contribution < -0.4 is 5.73 Å². The lowest BCUT2D eigenvalue weighted by atomic mass is 10.0. The van der Waals surface area contributed by atoms with E-state index in [1.165, 1.54) is 6.07 Å². The van der Waals surface area contributed by atoms with Crippen molar-refractivity contribution in [1.82, 2.24) is 9.97 Å². The zero-order valence-electron chi connectivity index (χ0n) is 10.4. The van der Waals surface area contributed by atoms with Crippen molar-refractivity contribution in [2.45, 2.75) is 6.92 Å². The molecule has 1 aromatic carbocycles. The fraction of sp³-hybridized carbons (Fsp3) is 0.0667. The van der Waals surface area contributed by atoms with Gasteiger partial charge in [-0.05, 0) is 42.8 Å². The number of aryl methyl sites for hydroxylation is 1. The molecule has 0 fully saturated rings. The van der Waals surface area contributed by atoms with E-state index in [2.05, 4.69) is 9.97 Å². The molecule has 0 radical (unpaired) electrons. The molecular weight excluding hydrogens is 241 g/mol. The topological polar surface area (TPSA) is 51.8 Å². The number of hydrogen-bond acceptors (Lipinski definition) is 3. The summed E-state index contributed by atoms with van der Waals surface area (Å²) in [4.78, 5) is 8.41. The molecule has 0 aliphatic heterocycles. The zero-order valence-corrected chi connectivity index (χ0v) is 10.4. The maximum absolute atomic E-state index is 13.7. The second-order valence-corrected chi connectivity index (χ2v) is 4.42. The van der Waals surface area contributed by atoms with Gasteiger partial charge >= 0.3 is 0 Å². The first-order valence-corrected chi connectivity index (χ1v) is 5.92. The van der Waals surface area contributed by atoms with Gasteiger partial charge < -0.3 is 5.73 Å². The molecule has 94 valence electrons. The van der Waals surface area contributed by atoms with E-state index in [9.17, 15) is 4.39 Å². The molecule has 3 rings (SSSR count). The fourth-order valence-electron chi connectivity index (χ4n) is 2.10. The lowest BCUT2D eigenvalue weighted by Gasteiger charge is -2.08. The summed E-state index contributed by atoms with van der Waals surface area (Å²) in [5, 5.41) is 0.509. The minimum atomic E-state index is -0.271. The van der Waals surface area contributed by atoms with Crippen molar-refractivity contribution in [3.63, 3.8) is 0 Å². The second kappa shape index (κ2) is 4.31. The van der Waals surface area contributed by atoms with Crippen molar-refractivity contribution in [2.24, 2.45) is 0 Å². The number of halogens is 1. The van der Waals surface area contributed by atoms with Gasteiger partial charge in [-0.1, -0.05) is 0 Å². The summed E-state index contributed by atoms with van der Waals surface area (Å²) in [6.45, 7) is 1.89. The molecule has 0 atom stereocenters. The predicted octanol–water partition coefficient (Wildman–Crippen LogP) is 3.33. The summed E-state index contributed by atoms with van der Waals surface area (Å²) in [6.07, 6.45) is 3.34. The Labute approximate surface area is 109 Å². The summed E-state index contributed by atoms with van der Waals surface area (Å²) in [5.74, 6) is 0.232. The van der Waals surface area contributed by atoms with Gasteiger partial charge in [0.15, 0.2) is 0 Å². The van der Waals surface area contributed by atoms with Crippen LogP contribution in [0.3, 0.4) is 0 Å². The van der Waals surface area contributed by atoms with Crippen LogP contribution in [0.15, 0.2) is 42.7 Å². The number of nitrogens with zero attached hydrogens (tertiary/aromatic N) is 2. The molecular formula is C15H12FN3. The van der Waals surface area contributed by atoms with Crippen LogP contribution in [0.5, 0.6) is 0 Å². The monoisotopic (exact) mass is 253 g/mol. The van der Waals surface area contributed by atoms with E-state index < -0.39 is 0 Å². The number of rotatable bonds is 1. The third kappa shape index (κ3) is 1.91. The molecule has 2 aromatic heterocycles. The maximum atomic E-state index is 13.7. The van der Waals surface area contributed by atoms with Crippen molar-refractivity contribution in [3.8, 4) is 11.1 Å². The zero-order chi connectivity index (χ0) is 13.4. The van der Waals surface area contributed by atoms with Crippen LogP contribution in [-0.4, -0.2) is 9.97 Å². The standard InChI is InChI=1S/C15H12FN3/c1-9-7-10(8-19-15(9)17)11-4-5-13(16)12-3-2-6-18-14(11)12/h2-8H,1H3,(H2,17,19). The van der Waals surface area contributed by atoms with Gasteiger partial charge in [0.05, 0.1) is 5.52 Å². The summed E-state index contributed by atoms with van der Waals surface area (Å²) < 4.78 is 13.7. The van der Waals surface area contributed by atoms with Crippen molar-refractivity contribution in [1.29, 1.82) is 0 Å². The average Bonchev–Trinajstić information content (AvgIpc) is 2.43. The highest BCUT2D eigenvalue weighted by atomic mass is 19.1. The first-order chi connectivity index (χ1) is 9.16. The Morgan fingerprint density at radius 3 is 2.79 bits per heavy atom. The van der Waals surface area contributed by atoms with Crippen molar-refractivity contribution in [2.75, 3.05) is 5.73 Å². The molecule has 0 saturated carbocycles. The Balaban J connectivity index is 2.31.